The van der Waals surface area contributed by atoms with Crippen molar-refractivity contribution in [2.24, 2.45) is 5.92 Å². The van der Waals surface area contributed by atoms with E-state index in [-0.39, 0.29) is 5.92 Å². The minimum atomic E-state index is -0.912. The molecule has 2 atom stereocenters. The van der Waals surface area contributed by atoms with E-state index in [1.165, 1.54) is 14.2 Å². The SMILES string of the molecule is COC(=O)C1=C(C(=O)OC)C2(C(C)C)c3c(-c4ccccc4)cccc3C1N2c1ccccc1. The summed E-state index contributed by atoms with van der Waals surface area (Å²) in [6.07, 6.45) is 0. The molecule has 5 rings (SSSR count). The van der Waals surface area contributed by atoms with E-state index >= 15 is 0 Å². The van der Waals surface area contributed by atoms with Gasteiger partial charge in [0.25, 0.3) is 0 Å². The summed E-state index contributed by atoms with van der Waals surface area (Å²) in [7, 11) is 2.72. The highest BCUT2D eigenvalue weighted by atomic mass is 16.5. The molecule has 0 fully saturated rings. The molecule has 5 nitrogen and oxygen atoms in total. The third-order valence-electron chi connectivity index (χ3n) is 7.08. The number of esters is 2. The molecule has 0 N–H and O–H groups in total. The highest BCUT2D eigenvalue weighted by Gasteiger charge is 2.66. The van der Waals surface area contributed by atoms with E-state index in [1.54, 1.807) is 0 Å². The summed E-state index contributed by atoms with van der Waals surface area (Å²) >= 11 is 0. The van der Waals surface area contributed by atoms with Crippen LogP contribution in [0.25, 0.3) is 11.1 Å². The van der Waals surface area contributed by atoms with E-state index in [9.17, 15) is 9.59 Å². The summed E-state index contributed by atoms with van der Waals surface area (Å²) < 4.78 is 10.5. The molecular formula is C29H27NO4. The first-order valence-corrected chi connectivity index (χ1v) is 11.4. The molecule has 0 aliphatic carbocycles. The van der Waals surface area contributed by atoms with Gasteiger partial charge in [-0.1, -0.05) is 80.6 Å². The van der Waals surface area contributed by atoms with E-state index in [2.05, 4.69) is 43.0 Å². The van der Waals surface area contributed by atoms with Gasteiger partial charge in [0.1, 0.15) is 5.54 Å². The number of ether oxygens (including phenoxy) is 2. The van der Waals surface area contributed by atoms with Crippen molar-refractivity contribution in [1.82, 2.24) is 0 Å². The fraction of sp³-hybridized carbons (Fsp3) is 0.241. The number of benzene rings is 3. The fourth-order valence-electron chi connectivity index (χ4n) is 5.91. The van der Waals surface area contributed by atoms with Crippen LogP contribution in [0.4, 0.5) is 5.69 Å². The number of para-hydroxylation sites is 1. The monoisotopic (exact) mass is 453 g/mol. The highest BCUT2D eigenvalue weighted by molar-refractivity contribution is 6.09. The lowest BCUT2D eigenvalue weighted by atomic mass is 9.68. The average Bonchev–Trinajstić information content (AvgIpc) is 3.37. The molecule has 0 saturated heterocycles. The first-order valence-electron chi connectivity index (χ1n) is 11.4. The predicted octanol–water partition coefficient (Wildman–Crippen LogP) is 5.42. The van der Waals surface area contributed by atoms with E-state index in [1.807, 2.05) is 54.6 Å². The van der Waals surface area contributed by atoms with Crippen LogP contribution in [0.1, 0.15) is 31.0 Å². The van der Waals surface area contributed by atoms with Crippen molar-refractivity contribution in [3.63, 3.8) is 0 Å². The summed E-state index contributed by atoms with van der Waals surface area (Å²) in [5.41, 5.74) is 4.88. The molecule has 34 heavy (non-hydrogen) atoms. The van der Waals surface area contributed by atoms with Gasteiger partial charge in [-0.05, 0) is 40.3 Å². The first kappa shape index (κ1) is 22.0. The first-order chi connectivity index (χ1) is 16.5. The molecule has 172 valence electrons. The molecule has 5 heteroatoms. The maximum atomic E-state index is 13.5. The lowest BCUT2D eigenvalue weighted by Gasteiger charge is -2.43. The number of nitrogens with zero attached hydrogens (tertiary/aromatic N) is 1. The van der Waals surface area contributed by atoms with Crippen LogP contribution in [0, 0.1) is 5.92 Å². The summed E-state index contributed by atoms with van der Waals surface area (Å²) in [6, 6.07) is 25.8. The Balaban J connectivity index is 1.93. The second-order valence-corrected chi connectivity index (χ2v) is 8.94. The standard InChI is InChI=1S/C29H27NO4/c1-18(2)29-24-21(19-12-7-5-8-13-19)16-11-17-22(24)26(30(29)20-14-9-6-10-15-20)23(27(31)33-3)25(29)28(32)34-4/h5-18,26H,1-4H3. The third kappa shape index (κ3) is 2.79. The second kappa shape index (κ2) is 8.17. The maximum Gasteiger partial charge on any atom is 0.337 e. The molecule has 0 aromatic heterocycles. The van der Waals surface area contributed by atoms with Crippen molar-refractivity contribution in [3.05, 3.63) is 101 Å². The zero-order valence-corrected chi connectivity index (χ0v) is 19.7. The van der Waals surface area contributed by atoms with Gasteiger partial charge in [-0.25, -0.2) is 9.59 Å². The number of carbonyl (C=O) groups excluding carboxylic acids is 2. The molecule has 0 saturated carbocycles. The maximum absolute atomic E-state index is 13.5. The molecular weight excluding hydrogens is 426 g/mol. The van der Waals surface area contributed by atoms with Gasteiger partial charge in [0.05, 0.1) is 31.4 Å². The highest BCUT2D eigenvalue weighted by Crippen LogP contribution is 2.66. The Morgan fingerprint density at radius 3 is 2.03 bits per heavy atom. The van der Waals surface area contributed by atoms with E-state index in [4.69, 9.17) is 9.47 Å². The zero-order chi connectivity index (χ0) is 24.0. The quantitative estimate of drug-likeness (QED) is 0.483. The molecule has 0 amide bonds. The van der Waals surface area contributed by atoms with E-state index in [0.29, 0.717) is 11.1 Å². The lowest BCUT2D eigenvalue weighted by molar-refractivity contribution is -0.139. The Kier molecular flexibility index (Phi) is 5.28. The lowest BCUT2D eigenvalue weighted by Crippen LogP contribution is -2.47. The molecule has 2 bridgehead atoms. The molecule has 0 spiro atoms. The van der Waals surface area contributed by atoms with Crippen LogP contribution in [0.2, 0.25) is 0 Å². The fourth-order valence-corrected chi connectivity index (χ4v) is 5.91. The van der Waals surface area contributed by atoms with E-state index in [0.717, 1.165) is 27.9 Å². The van der Waals surface area contributed by atoms with Crippen molar-refractivity contribution in [2.45, 2.75) is 25.4 Å². The van der Waals surface area contributed by atoms with Gasteiger partial charge in [-0.15, -0.1) is 0 Å². The molecule has 0 radical (unpaired) electrons. The largest absolute Gasteiger partial charge is 0.466 e. The number of hydrogen-bond donors (Lipinski definition) is 0. The Bertz CT molecular complexity index is 1300. The van der Waals surface area contributed by atoms with E-state index < -0.39 is 23.5 Å². The summed E-state index contributed by atoms with van der Waals surface area (Å²) in [5, 5.41) is 0. The van der Waals surface area contributed by atoms with Gasteiger partial charge in [0, 0.05) is 5.69 Å². The summed E-state index contributed by atoms with van der Waals surface area (Å²) in [6.45, 7) is 4.18. The van der Waals surface area contributed by atoms with Crippen LogP contribution in [0.5, 0.6) is 0 Å². The van der Waals surface area contributed by atoms with Gasteiger partial charge in [-0.2, -0.15) is 0 Å². The van der Waals surface area contributed by atoms with Gasteiger partial charge >= 0.3 is 11.9 Å². The van der Waals surface area contributed by atoms with Crippen molar-refractivity contribution in [2.75, 3.05) is 19.1 Å². The Labute approximate surface area is 199 Å². The van der Waals surface area contributed by atoms with Crippen molar-refractivity contribution in [3.8, 4) is 11.1 Å². The van der Waals surface area contributed by atoms with Gasteiger partial charge in [0.2, 0.25) is 0 Å². The second-order valence-electron chi connectivity index (χ2n) is 8.94. The molecule has 3 aromatic carbocycles. The predicted molar refractivity (Wildman–Crippen MR) is 131 cm³/mol. The minimum Gasteiger partial charge on any atom is -0.466 e. The topological polar surface area (TPSA) is 55.8 Å². The van der Waals surface area contributed by atoms with Crippen LogP contribution in [0.15, 0.2) is 90.0 Å². The third-order valence-corrected chi connectivity index (χ3v) is 7.08. The van der Waals surface area contributed by atoms with Crippen molar-refractivity contribution < 1.29 is 19.1 Å². The number of methoxy groups -OCH3 is 2. The Morgan fingerprint density at radius 1 is 0.824 bits per heavy atom. The molecule has 3 aromatic rings. The normalized spacial score (nSPS) is 20.5. The average molecular weight is 454 g/mol. The van der Waals surface area contributed by atoms with Crippen LogP contribution >= 0.6 is 0 Å². The molecule has 2 unspecified atom stereocenters. The van der Waals surface area contributed by atoms with Gasteiger partial charge in [-0.3, -0.25) is 0 Å². The summed E-state index contributed by atoms with van der Waals surface area (Å²) in [4.78, 5) is 28.9. The van der Waals surface area contributed by atoms with Crippen LogP contribution < -0.4 is 4.90 Å². The van der Waals surface area contributed by atoms with Crippen molar-refractivity contribution in [1.29, 1.82) is 0 Å². The Morgan fingerprint density at radius 2 is 1.44 bits per heavy atom. The van der Waals surface area contributed by atoms with Gasteiger partial charge < -0.3 is 14.4 Å². The zero-order valence-electron chi connectivity index (χ0n) is 19.7. The van der Waals surface area contributed by atoms with Crippen LogP contribution in [0.3, 0.4) is 0 Å². The van der Waals surface area contributed by atoms with Crippen molar-refractivity contribution >= 4 is 17.6 Å². The van der Waals surface area contributed by atoms with Gasteiger partial charge in [0.15, 0.2) is 0 Å². The molecule has 2 heterocycles. The number of hydrogen-bond acceptors (Lipinski definition) is 5. The number of rotatable bonds is 5. The van der Waals surface area contributed by atoms with Crippen LogP contribution in [-0.2, 0) is 24.6 Å². The van der Waals surface area contributed by atoms with Crippen LogP contribution in [-0.4, -0.2) is 26.2 Å². The molecule has 2 aliphatic rings. The number of anilines is 1. The number of fused-ring (bicyclic) bond motifs is 5. The smallest absolute Gasteiger partial charge is 0.337 e. The summed E-state index contributed by atoms with van der Waals surface area (Å²) in [5.74, 6) is -1.09. The minimum absolute atomic E-state index is 0.0717. The molecule has 2 aliphatic heterocycles. The number of carbonyl (C=O) groups is 2. The Hall–Kier alpha value is -3.86.